The van der Waals surface area contributed by atoms with Crippen LogP contribution in [0.1, 0.15) is 17.4 Å². The molecule has 1 unspecified atom stereocenters. The Kier molecular flexibility index (Phi) is 3.81. The Morgan fingerprint density at radius 3 is 2.82 bits per heavy atom. The predicted octanol–water partition coefficient (Wildman–Crippen LogP) is 2.75. The molecule has 0 spiro atoms. The van der Waals surface area contributed by atoms with Gasteiger partial charge in [-0.1, -0.05) is 0 Å². The van der Waals surface area contributed by atoms with Gasteiger partial charge < -0.3 is 14.5 Å². The maximum absolute atomic E-state index is 5.55. The Bertz CT molecular complexity index is 499. The van der Waals surface area contributed by atoms with Crippen LogP contribution < -0.4 is 10.1 Å². The highest BCUT2D eigenvalue weighted by Gasteiger charge is 2.16. The van der Waals surface area contributed by atoms with Crippen molar-refractivity contribution in [3.8, 4) is 5.75 Å². The van der Waals surface area contributed by atoms with Crippen molar-refractivity contribution < 1.29 is 9.15 Å². The predicted molar refractivity (Wildman–Crippen MR) is 68.1 cm³/mol. The van der Waals surface area contributed by atoms with Crippen LogP contribution in [0.25, 0.3) is 0 Å². The van der Waals surface area contributed by atoms with E-state index in [0.717, 1.165) is 17.1 Å². The van der Waals surface area contributed by atoms with Crippen molar-refractivity contribution in [2.45, 2.75) is 6.04 Å². The molecular formula is C12H13BrN2O2. The average Bonchev–Trinajstić information content (AvgIpc) is 2.77. The van der Waals surface area contributed by atoms with Crippen molar-refractivity contribution >= 4 is 15.9 Å². The van der Waals surface area contributed by atoms with E-state index < -0.39 is 0 Å². The van der Waals surface area contributed by atoms with E-state index in [9.17, 15) is 0 Å². The minimum atomic E-state index is -0.0381. The van der Waals surface area contributed by atoms with Gasteiger partial charge in [0.25, 0.3) is 0 Å². The zero-order chi connectivity index (χ0) is 12.3. The topological polar surface area (TPSA) is 47.3 Å². The van der Waals surface area contributed by atoms with Gasteiger partial charge in [0.1, 0.15) is 11.5 Å². The molecule has 2 heterocycles. The number of rotatable bonds is 4. The number of halogens is 1. The first-order valence-electron chi connectivity index (χ1n) is 5.16. The van der Waals surface area contributed by atoms with Gasteiger partial charge in [-0.25, -0.2) is 0 Å². The Hall–Kier alpha value is -1.33. The molecule has 0 aromatic carbocycles. The summed E-state index contributed by atoms with van der Waals surface area (Å²) in [6, 6.07) is 5.69. The van der Waals surface area contributed by atoms with Crippen LogP contribution in [0.3, 0.4) is 0 Å². The number of nitrogens with one attached hydrogen (secondary N) is 1. The van der Waals surface area contributed by atoms with Crippen LogP contribution in [-0.2, 0) is 0 Å². The minimum Gasteiger partial charge on any atom is -0.495 e. The van der Waals surface area contributed by atoms with Crippen LogP contribution in [-0.4, -0.2) is 19.1 Å². The first-order chi connectivity index (χ1) is 8.24. The quantitative estimate of drug-likeness (QED) is 0.942. The molecule has 90 valence electrons. The highest BCUT2D eigenvalue weighted by molar-refractivity contribution is 9.10. The van der Waals surface area contributed by atoms with Gasteiger partial charge in [-0.2, -0.15) is 0 Å². The van der Waals surface area contributed by atoms with Crippen molar-refractivity contribution in [3.05, 3.63) is 46.6 Å². The van der Waals surface area contributed by atoms with Crippen LogP contribution in [0.5, 0.6) is 5.75 Å². The number of furan rings is 1. The molecule has 5 heteroatoms. The molecule has 1 atom stereocenters. The SMILES string of the molecule is CNC(c1cncc(OC)c1)c1ccc(Br)o1. The molecule has 0 fully saturated rings. The molecule has 2 aromatic heterocycles. The molecule has 0 aliphatic rings. The van der Waals surface area contributed by atoms with E-state index in [2.05, 4.69) is 26.2 Å². The van der Waals surface area contributed by atoms with E-state index in [1.54, 1.807) is 19.5 Å². The summed E-state index contributed by atoms with van der Waals surface area (Å²) in [6.07, 6.45) is 3.47. The number of hydrogen-bond donors (Lipinski definition) is 1. The Balaban J connectivity index is 2.34. The van der Waals surface area contributed by atoms with Gasteiger partial charge in [0.05, 0.1) is 19.3 Å². The second-order valence-electron chi connectivity index (χ2n) is 3.52. The molecular weight excluding hydrogens is 284 g/mol. The standard InChI is InChI=1S/C12H13BrN2O2/c1-14-12(10-3-4-11(13)17-10)8-5-9(16-2)7-15-6-8/h3-7,12,14H,1-2H3. The molecule has 0 amide bonds. The largest absolute Gasteiger partial charge is 0.495 e. The fraction of sp³-hybridized carbons (Fsp3) is 0.250. The highest BCUT2D eigenvalue weighted by Crippen LogP contribution is 2.27. The van der Waals surface area contributed by atoms with Crippen molar-refractivity contribution in [2.24, 2.45) is 0 Å². The summed E-state index contributed by atoms with van der Waals surface area (Å²) < 4.78 is 11.4. The molecule has 17 heavy (non-hydrogen) atoms. The zero-order valence-corrected chi connectivity index (χ0v) is 11.2. The van der Waals surface area contributed by atoms with Crippen molar-refractivity contribution in [1.82, 2.24) is 10.3 Å². The summed E-state index contributed by atoms with van der Waals surface area (Å²) >= 11 is 3.30. The molecule has 2 aromatic rings. The van der Waals surface area contributed by atoms with E-state index in [-0.39, 0.29) is 6.04 Å². The van der Waals surface area contributed by atoms with Gasteiger partial charge in [0.15, 0.2) is 4.67 Å². The summed E-state index contributed by atoms with van der Waals surface area (Å²) in [5, 5.41) is 3.19. The Morgan fingerprint density at radius 2 is 2.24 bits per heavy atom. The molecule has 4 nitrogen and oxygen atoms in total. The number of hydrogen-bond acceptors (Lipinski definition) is 4. The second-order valence-corrected chi connectivity index (χ2v) is 4.30. The average molecular weight is 297 g/mol. The summed E-state index contributed by atoms with van der Waals surface area (Å²) in [5.74, 6) is 1.56. The maximum Gasteiger partial charge on any atom is 0.169 e. The molecule has 0 radical (unpaired) electrons. The number of methoxy groups -OCH3 is 1. The van der Waals surface area contributed by atoms with Crippen LogP contribution >= 0.6 is 15.9 Å². The van der Waals surface area contributed by atoms with E-state index in [1.165, 1.54) is 0 Å². The molecule has 0 aliphatic carbocycles. The summed E-state index contributed by atoms with van der Waals surface area (Å²) in [6.45, 7) is 0. The minimum absolute atomic E-state index is 0.0381. The van der Waals surface area contributed by atoms with Gasteiger partial charge in [-0.05, 0) is 46.7 Å². The number of pyridine rings is 1. The second kappa shape index (κ2) is 5.33. The number of ether oxygens (including phenoxy) is 1. The maximum atomic E-state index is 5.55. The first kappa shape index (κ1) is 12.1. The van der Waals surface area contributed by atoms with E-state index in [4.69, 9.17) is 9.15 Å². The van der Waals surface area contributed by atoms with Gasteiger partial charge in [0.2, 0.25) is 0 Å². The fourth-order valence-corrected chi connectivity index (χ4v) is 1.98. The highest BCUT2D eigenvalue weighted by atomic mass is 79.9. The van der Waals surface area contributed by atoms with Crippen molar-refractivity contribution in [1.29, 1.82) is 0 Å². The monoisotopic (exact) mass is 296 g/mol. The van der Waals surface area contributed by atoms with Crippen LogP contribution in [0.15, 0.2) is 39.7 Å². The first-order valence-corrected chi connectivity index (χ1v) is 5.95. The van der Waals surface area contributed by atoms with Crippen LogP contribution in [0, 0.1) is 0 Å². The normalized spacial score (nSPS) is 12.4. The van der Waals surface area contributed by atoms with E-state index >= 15 is 0 Å². The fourth-order valence-electron chi connectivity index (χ4n) is 1.66. The lowest BCUT2D eigenvalue weighted by Crippen LogP contribution is -2.17. The molecule has 0 bridgehead atoms. The number of aromatic nitrogens is 1. The number of nitrogens with zero attached hydrogens (tertiary/aromatic N) is 1. The molecule has 2 rings (SSSR count). The smallest absolute Gasteiger partial charge is 0.169 e. The zero-order valence-electron chi connectivity index (χ0n) is 9.61. The third-order valence-electron chi connectivity index (χ3n) is 2.47. The molecule has 0 saturated carbocycles. The van der Waals surface area contributed by atoms with E-state index in [0.29, 0.717) is 4.67 Å². The Morgan fingerprint density at radius 1 is 1.41 bits per heavy atom. The van der Waals surface area contributed by atoms with Crippen molar-refractivity contribution in [3.63, 3.8) is 0 Å². The van der Waals surface area contributed by atoms with Gasteiger partial charge in [0, 0.05) is 6.20 Å². The third-order valence-corrected chi connectivity index (χ3v) is 2.90. The lowest BCUT2D eigenvalue weighted by atomic mass is 10.1. The van der Waals surface area contributed by atoms with Gasteiger partial charge in [-0.3, -0.25) is 4.98 Å². The molecule has 0 aliphatic heterocycles. The summed E-state index contributed by atoms with van der Waals surface area (Å²) in [5.41, 5.74) is 0.994. The summed E-state index contributed by atoms with van der Waals surface area (Å²) in [4.78, 5) is 4.14. The lowest BCUT2D eigenvalue weighted by molar-refractivity contribution is 0.409. The van der Waals surface area contributed by atoms with E-state index in [1.807, 2.05) is 25.2 Å². The van der Waals surface area contributed by atoms with Crippen LogP contribution in [0.4, 0.5) is 0 Å². The third kappa shape index (κ3) is 2.68. The van der Waals surface area contributed by atoms with Crippen LogP contribution in [0.2, 0.25) is 0 Å². The summed E-state index contributed by atoms with van der Waals surface area (Å²) in [7, 11) is 3.50. The van der Waals surface area contributed by atoms with Gasteiger partial charge >= 0.3 is 0 Å². The van der Waals surface area contributed by atoms with Crippen molar-refractivity contribution in [2.75, 3.05) is 14.2 Å². The Labute approximate surface area is 108 Å². The lowest BCUT2D eigenvalue weighted by Gasteiger charge is -2.14. The molecule has 1 N–H and O–H groups in total. The molecule has 0 saturated heterocycles. The van der Waals surface area contributed by atoms with Gasteiger partial charge in [-0.15, -0.1) is 0 Å².